The van der Waals surface area contributed by atoms with E-state index < -0.39 is 17.8 Å². The monoisotopic (exact) mass is 227 g/mol. The van der Waals surface area contributed by atoms with Crippen LogP contribution in [0.3, 0.4) is 0 Å². The van der Waals surface area contributed by atoms with Gasteiger partial charge in [0.05, 0.1) is 18.0 Å². The molecule has 1 saturated carbocycles. The second-order valence-corrected chi connectivity index (χ2v) is 4.19. The van der Waals surface area contributed by atoms with Crippen LogP contribution in [0.15, 0.2) is 6.20 Å². The highest BCUT2D eigenvalue weighted by atomic mass is 32.1. The zero-order valence-corrected chi connectivity index (χ0v) is 8.53. The van der Waals surface area contributed by atoms with E-state index in [4.69, 9.17) is 5.11 Å². The van der Waals surface area contributed by atoms with Crippen molar-refractivity contribution in [1.29, 1.82) is 0 Å². The molecule has 7 heteroatoms. The number of amides is 1. The molecule has 2 N–H and O–H groups in total. The predicted molar refractivity (Wildman–Crippen MR) is 52.4 cm³/mol. The van der Waals surface area contributed by atoms with E-state index >= 15 is 0 Å². The number of rotatable bonds is 3. The van der Waals surface area contributed by atoms with Gasteiger partial charge in [0.1, 0.15) is 5.00 Å². The Bertz CT molecular complexity index is 378. The van der Waals surface area contributed by atoms with Gasteiger partial charge in [0.15, 0.2) is 0 Å². The molecule has 15 heavy (non-hydrogen) atoms. The highest BCUT2D eigenvalue weighted by Crippen LogP contribution is 2.35. The molecule has 0 radical (unpaired) electrons. The second kappa shape index (κ2) is 3.93. The van der Waals surface area contributed by atoms with Gasteiger partial charge in [0.2, 0.25) is 5.91 Å². The van der Waals surface area contributed by atoms with E-state index in [1.54, 1.807) is 0 Å². The van der Waals surface area contributed by atoms with E-state index in [0.717, 1.165) is 11.5 Å². The maximum Gasteiger partial charge on any atom is 0.307 e. The Kier molecular flexibility index (Phi) is 2.63. The molecule has 1 fully saturated rings. The first-order valence-electron chi connectivity index (χ1n) is 4.49. The quantitative estimate of drug-likeness (QED) is 0.788. The van der Waals surface area contributed by atoms with E-state index in [-0.39, 0.29) is 5.91 Å². The fourth-order valence-electron chi connectivity index (χ4n) is 1.55. The zero-order valence-electron chi connectivity index (χ0n) is 7.71. The number of carbonyl (C=O) groups is 2. The standard InChI is InChI=1S/C8H9N3O3S/c12-7(10-6-3-9-11-15-6)4-1-2-5(4)8(13)14/h3-5H,1-2H2,(H,10,12)(H,13,14). The van der Waals surface area contributed by atoms with Crippen LogP contribution >= 0.6 is 11.5 Å². The van der Waals surface area contributed by atoms with Crippen molar-refractivity contribution >= 4 is 28.4 Å². The summed E-state index contributed by atoms with van der Waals surface area (Å²) in [5.74, 6) is -2.10. The van der Waals surface area contributed by atoms with E-state index in [1.165, 1.54) is 6.20 Å². The molecule has 1 aromatic heterocycles. The molecule has 2 rings (SSSR count). The van der Waals surface area contributed by atoms with Gasteiger partial charge < -0.3 is 10.4 Å². The summed E-state index contributed by atoms with van der Waals surface area (Å²) in [6, 6.07) is 0. The van der Waals surface area contributed by atoms with Gasteiger partial charge in [-0.1, -0.05) is 4.49 Å². The van der Waals surface area contributed by atoms with Gasteiger partial charge in [0, 0.05) is 11.5 Å². The van der Waals surface area contributed by atoms with Crippen LogP contribution in [0.4, 0.5) is 5.00 Å². The van der Waals surface area contributed by atoms with Crippen LogP contribution in [0, 0.1) is 11.8 Å². The number of hydrogen-bond donors (Lipinski definition) is 2. The molecule has 1 aromatic rings. The SMILES string of the molecule is O=C(O)C1CCC1C(=O)Nc1cnns1. The van der Waals surface area contributed by atoms with Crippen LogP contribution in [-0.2, 0) is 9.59 Å². The average molecular weight is 227 g/mol. The lowest BCUT2D eigenvalue weighted by atomic mass is 9.73. The van der Waals surface area contributed by atoms with Crippen molar-refractivity contribution in [2.45, 2.75) is 12.8 Å². The number of aromatic nitrogens is 2. The fourth-order valence-corrected chi connectivity index (χ4v) is 1.97. The third kappa shape index (κ3) is 1.96. The molecule has 0 aliphatic heterocycles. The van der Waals surface area contributed by atoms with Crippen molar-refractivity contribution in [2.24, 2.45) is 11.8 Å². The van der Waals surface area contributed by atoms with Gasteiger partial charge >= 0.3 is 5.97 Å². The van der Waals surface area contributed by atoms with Gasteiger partial charge in [-0.25, -0.2) is 0 Å². The lowest BCUT2D eigenvalue weighted by molar-refractivity contribution is -0.151. The van der Waals surface area contributed by atoms with Crippen LogP contribution in [0.2, 0.25) is 0 Å². The molecule has 0 aromatic carbocycles. The summed E-state index contributed by atoms with van der Waals surface area (Å²) in [7, 11) is 0. The summed E-state index contributed by atoms with van der Waals surface area (Å²) >= 11 is 1.07. The lowest BCUT2D eigenvalue weighted by Gasteiger charge is -2.31. The summed E-state index contributed by atoms with van der Waals surface area (Å²) in [5, 5.41) is 15.5. The van der Waals surface area contributed by atoms with Crippen LogP contribution < -0.4 is 5.32 Å². The summed E-state index contributed by atoms with van der Waals surface area (Å²) in [6.45, 7) is 0. The molecule has 2 atom stereocenters. The first-order valence-corrected chi connectivity index (χ1v) is 5.27. The van der Waals surface area contributed by atoms with Crippen molar-refractivity contribution in [1.82, 2.24) is 9.59 Å². The van der Waals surface area contributed by atoms with E-state index in [1.807, 2.05) is 0 Å². The molecule has 80 valence electrons. The Morgan fingerprint density at radius 1 is 1.47 bits per heavy atom. The summed E-state index contributed by atoms with van der Waals surface area (Å²) in [5.41, 5.74) is 0. The number of nitrogens with one attached hydrogen (secondary N) is 1. The number of hydrogen-bond acceptors (Lipinski definition) is 5. The van der Waals surface area contributed by atoms with Crippen LogP contribution in [-0.4, -0.2) is 26.6 Å². The van der Waals surface area contributed by atoms with E-state index in [2.05, 4.69) is 14.9 Å². The smallest absolute Gasteiger partial charge is 0.307 e. The highest BCUT2D eigenvalue weighted by molar-refractivity contribution is 7.10. The number of carbonyl (C=O) groups excluding carboxylic acids is 1. The molecule has 1 heterocycles. The molecule has 0 bridgehead atoms. The topological polar surface area (TPSA) is 92.2 Å². The van der Waals surface area contributed by atoms with Gasteiger partial charge in [-0.15, -0.1) is 5.10 Å². The first-order chi connectivity index (χ1) is 7.18. The minimum absolute atomic E-state index is 0.250. The zero-order chi connectivity index (χ0) is 10.8. The molecular formula is C8H9N3O3S. The first kappa shape index (κ1) is 10.0. The lowest BCUT2D eigenvalue weighted by Crippen LogP contribution is -2.40. The Morgan fingerprint density at radius 3 is 2.67 bits per heavy atom. The molecule has 0 saturated heterocycles. The van der Waals surface area contributed by atoms with Crippen molar-refractivity contribution in [2.75, 3.05) is 5.32 Å². The maximum atomic E-state index is 11.6. The van der Waals surface area contributed by atoms with Crippen LogP contribution in [0.25, 0.3) is 0 Å². The van der Waals surface area contributed by atoms with Gasteiger partial charge in [-0.05, 0) is 12.8 Å². The largest absolute Gasteiger partial charge is 0.481 e. The highest BCUT2D eigenvalue weighted by Gasteiger charge is 2.41. The maximum absolute atomic E-state index is 11.6. The molecule has 6 nitrogen and oxygen atoms in total. The number of aliphatic carboxylic acids is 1. The van der Waals surface area contributed by atoms with E-state index in [9.17, 15) is 9.59 Å². The van der Waals surface area contributed by atoms with E-state index in [0.29, 0.717) is 17.8 Å². The van der Waals surface area contributed by atoms with Gasteiger partial charge in [0.25, 0.3) is 0 Å². The van der Waals surface area contributed by atoms with Crippen molar-refractivity contribution < 1.29 is 14.7 Å². The Hall–Kier alpha value is -1.50. The molecular weight excluding hydrogens is 218 g/mol. The fraction of sp³-hybridized carbons (Fsp3) is 0.500. The Balaban J connectivity index is 1.95. The third-order valence-electron chi connectivity index (χ3n) is 2.54. The summed E-state index contributed by atoms with van der Waals surface area (Å²) in [6.07, 6.45) is 2.65. The molecule has 1 amide bonds. The molecule has 2 unspecified atom stereocenters. The Morgan fingerprint density at radius 2 is 2.20 bits per heavy atom. The third-order valence-corrected chi connectivity index (χ3v) is 3.12. The normalized spacial score (nSPS) is 24.3. The molecule has 0 spiro atoms. The van der Waals surface area contributed by atoms with Crippen molar-refractivity contribution in [3.63, 3.8) is 0 Å². The average Bonchev–Trinajstić information content (AvgIpc) is 2.52. The number of carboxylic acid groups (broad SMARTS) is 1. The minimum atomic E-state index is -0.899. The second-order valence-electron chi connectivity index (χ2n) is 3.40. The van der Waals surface area contributed by atoms with Crippen LogP contribution in [0.5, 0.6) is 0 Å². The number of anilines is 1. The number of nitrogens with zero attached hydrogens (tertiary/aromatic N) is 2. The number of carboxylic acids is 1. The molecule has 1 aliphatic rings. The van der Waals surface area contributed by atoms with Crippen molar-refractivity contribution in [3.8, 4) is 0 Å². The van der Waals surface area contributed by atoms with Crippen LogP contribution in [0.1, 0.15) is 12.8 Å². The van der Waals surface area contributed by atoms with Gasteiger partial charge in [-0.2, -0.15) is 0 Å². The molecule has 1 aliphatic carbocycles. The Labute approximate surface area is 89.5 Å². The minimum Gasteiger partial charge on any atom is -0.481 e. The van der Waals surface area contributed by atoms with Crippen molar-refractivity contribution in [3.05, 3.63) is 6.20 Å². The summed E-state index contributed by atoms with van der Waals surface area (Å²) in [4.78, 5) is 22.3. The summed E-state index contributed by atoms with van der Waals surface area (Å²) < 4.78 is 3.59. The van der Waals surface area contributed by atoms with Gasteiger partial charge in [-0.3, -0.25) is 9.59 Å². The predicted octanol–water partition coefficient (Wildman–Crippen LogP) is 0.587.